The second-order valence-corrected chi connectivity index (χ2v) is 8.96. The van der Waals surface area contributed by atoms with Crippen LogP contribution in [0.2, 0.25) is 0 Å². The Labute approximate surface area is 145 Å². The van der Waals surface area contributed by atoms with E-state index in [2.05, 4.69) is 5.10 Å². The first kappa shape index (κ1) is 17.3. The lowest BCUT2D eigenvalue weighted by molar-refractivity contribution is 0.317. The standard InChI is InChI=1S/C15H20N4O3S2/c1-17(2)24(21,22)19-9-3-5-12(19)11-18-15(20)8-7-13(16-18)14-6-4-10-23-14/h4,6-8,10,12H,3,5,9,11H2,1-2H3/t12-/m1/s1. The average molecular weight is 368 g/mol. The third-order valence-corrected chi connectivity index (χ3v) is 6.99. The smallest absolute Gasteiger partial charge is 0.268 e. The maximum Gasteiger partial charge on any atom is 0.281 e. The van der Waals surface area contributed by atoms with Crippen LogP contribution in [-0.4, -0.2) is 53.5 Å². The Balaban J connectivity index is 1.88. The number of aromatic nitrogens is 2. The first-order valence-corrected chi connectivity index (χ1v) is 9.98. The average Bonchev–Trinajstić information content (AvgIpc) is 3.20. The van der Waals surface area contributed by atoms with Crippen molar-refractivity contribution in [3.63, 3.8) is 0 Å². The van der Waals surface area contributed by atoms with Crippen molar-refractivity contribution in [3.8, 4) is 10.6 Å². The molecular weight excluding hydrogens is 348 g/mol. The molecule has 2 aromatic heterocycles. The van der Waals surface area contributed by atoms with Gasteiger partial charge < -0.3 is 0 Å². The summed E-state index contributed by atoms with van der Waals surface area (Å²) in [6.45, 7) is 0.746. The van der Waals surface area contributed by atoms with Crippen molar-refractivity contribution in [1.29, 1.82) is 0 Å². The third kappa shape index (κ3) is 3.30. The molecule has 9 heteroatoms. The minimum Gasteiger partial charge on any atom is -0.268 e. The Morgan fingerprint density at radius 2 is 2.12 bits per heavy atom. The highest BCUT2D eigenvalue weighted by Gasteiger charge is 2.36. The maximum absolute atomic E-state index is 12.4. The van der Waals surface area contributed by atoms with Crippen molar-refractivity contribution in [2.75, 3.05) is 20.6 Å². The molecule has 0 saturated carbocycles. The van der Waals surface area contributed by atoms with Crippen LogP contribution in [0.5, 0.6) is 0 Å². The largest absolute Gasteiger partial charge is 0.281 e. The molecule has 130 valence electrons. The molecule has 0 amide bonds. The predicted octanol–water partition coefficient (Wildman–Crippen LogP) is 1.24. The van der Waals surface area contributed by atoms with Crippen LogP contribution in [0.1, 0.15) is 12.8 Å². The summed E-state index contributed by atoms with van der Waals surface area (Å²) in [7, 11) is -0.446. The summed E-state index contributed by atoms with van der Waals surface area (Å²) in [6.07, 6.45) is 1.52. The van der Waals surface area contributed by atoms with Gasteiger partial charge in [0, 0.05) is 32.7 Å². The van der Waals surface area contributed by atoms with E-state index in [9.17, 15) is 13.2 Å². The molecule has 24 heavy (non-hydrogen) atoms. The molecule has 0 unspecified atom stereocenters. The molecule has 7 nitrogen and oxygen atoms in total. The topological polar surface area (TPSA) is 75.5 Å². The van der Waals surface area contributed by atoms with E-state index in [1.54, 1.807) is 17.4 Å². The fourth-order valence-corrected chi connectivity index (χ4v) is 4.86. The number of hydrogen-bond acceptors (Lipinski definition) is 5. The molecule has 0 N–H and O–H groups in total. The normalized spacial score (nSPS) is 19.2. The van der Waals surface area contributed by atoms with Crippen molar-refractivity contribution in [2.24, 2.45) is 0 Å². The van der Waals surface area contributed by atoms with Gasteiger partial charge in [0.15, 0.2) is 0 Å². The van der Waals surface area contributed by atoms with Gasteiger partial charge in [0.05, 0.1) is 11.4 Å². The van der Waals surface area contributed by atoms with E-state index in [1.165, 1.54) is 33.5 Å². The monoisotopic (exact) mass is 368 g/mol. The second kappa shape index (κ2) is 6.75. The summed E-state index contributed by atoms with van der Waals surface area (Å²) in [5, 5.41) is 6.37. The minimum absolute atomic E-state index is 0.218. The molecule has 0 spiro atoms. The summed E-state index contributed by atoms with van der Waals surface area (Å²) >= 11 is 1.55. The van der Waals surface area contributed by atoms with Gasteiger partial charge in [0.1, 0.15) is 5.69 Å². The molecule has 1 saturated heterocycles. The van der Waals surface area contributed by atoms with Crippen LogP contribution in [0.3, 0.4) is 0 Å². The lowest BCUT2D eigenvalue weighted by Crippen LogP contribution is -2.45. The Hall–Kier alpha value is -1.55. The summed E-state index contributed by atoms with van der Waals surface area (Å²) in [5.74, 6) is 0. The van der Waals surface area contributed by atoms with E-state index in [4.69, 9.17) is 0 Å². The number of hydrogen-bond donors (Lipinski definition) is 0. The first-order chi connectivity index (χ1) is 11.4. The van der Waals surface area contributed by atoms with E-state index in [0.29, 0.717) is 6.54 Å². The Morgan fingerprint density at radius 3 is 2.79 bits per heavy atom. The second-order valence-electron chi connectivity index (χ2n) is 5.91. The van der Waals surface area contributed by atoms with Crippen LogP contribution < -0.4 is 5.56 Å². The van der Waals surface area contributed by atoms with Gasteiger partial charge in [-0.05, 0) is 30.4 Å². The molecule has 1 aliphatic heterocycles. The summed E-state index contributed by atoms with van der Waals surface area (Å²) in [6, 6.07) is 6.82. The van der Waals surface area contributed by atoms with Gasteiger partial charge in [-0.1, -0.05) is 6.07 Å². The molecule has 3 heterocycles. The minimum atomic E-state index is -3.49. The number of rotatable bonds is 5. The van der Waals surface area contributed by atoms with Crippen LogP contribution in [0, 0.1) is 0 Å². The van der Waals surface area contributed by atoms with Gasteiger partial charge in [-0.2, -0.15) is 22.1 Å². The molecule has 1 atom stereocenters. The highest BCUT2D eigenvalue weighted by atomic mass is 32.2. The zero-order valence-corrected chi connectivity index (χ0v) is 15.3. The van der Waals surface area contributed by atoms with E-state index < -0.39 is 10.2 Å². The molecule has 0 bridgehead atoms. The van der Waals surface area contributed by atoms with Crippen molar-refractivity contribution < 1.29 is 8.42 Å². The molecule has 1 fully saturated rings. The van der Waals surface area contributed by atoms with Crippen molar-refractivity contribution >= 4 is 21.5 Å². The van der Waals surface area contributed by atoms with Crippen LogP contribution in [0.15, 0.2) is 34.4 Å². The SMILES string of the molecule is CN(C)S(=O)(=O)N1CCC[C@@H]1Cn1nc(-c2cccs2)ccc1=O. The first-order valence-electron chi connectivity index (χ1n) is 7.71. The lowest BCUT2D eigenvalue weighted by Gasteiger charge is -2.27. The molecule has 3 rings (SSSR count). The molecule has 0 radical (unpaired) electrons. The Morgan fingerprint density at radius 1 is 1.33 bits per heavy atom. The van der Waals surface area contributed by atoms with Crippen molar-refractivity contribution in [2.45, 2.75) is 25.4 Å². The Bertz CT molecular complexity index is 859. The van der Waals surface area contributed by atoms with E-state index in [1.807, 2.05) is 17.5 Å². The number of nitrogens with zero attached hydrogens (tertiary/aromatic N) is 4. The van der Waals surface area contributed by atoms with Gasteiger partial charge >= 0.3 is 0 Å². The highest BCUT2D eigenvalue weighted by molar-refractivity contribution is 7.86. The zero-order valence-electron chi connectivity index (χ0n) is 13.6. The fraction of sp³-hybridized carbons (Fsp3) is 0.467. The predicted molar refractivity (Wildman–Crippen MR) is 94.1 cm³/mol. The van der Waals surface area contributed by atoms with Gasteiger partial charge in [0.2, 0.25) is 0 Å². The van der Waals surface area contributed by atoms with Crippen molar-refractivity contribution in [3.05, 3.63) is 40.0 Å². The summed E-state index contributed by atoms with van der Waals surface area (Å²) < 4.78 is 28.9. The van der Waals surface area contributed by atoms with Gasteiger partial charge in [-0.3, -0.25) is 4.79 Å². The Kier molecular flexibility index (Phi) is 4.86. The van der Waals surface area contributed by atoms with E-state index in [0.717, 1.165) is 23.4 Å². The third-order valence-electron chi connectivity index (χ3n) is 4.10. The van der Waals surface area contributed by atoms with Crippen LogP contribution in [0.4, 0.5) is 0 Å². The quantitative estimate of drug-likeness (QED) is 0.796. The number of thiophene rings is 1. The molecule has 1 aliphatic rings. The van der Waals surface area contributed by atoms with Gasteiger partial charge in [0.25, 0.3) is 15.8 Å². The molecular formula is C15H20N4O3S2. The molecule has 2 aromatic rings. The van der Waals surface area contributed by atoms with Crippen LogP contribution >= 0.6 is 11.3 Å². The maximum atomic E-state index is 12.4. The molecule has 0 aliphatic carbocycles. The zero-order chi connectivity index (χ0) is 17.3. The van der Waals surface area contributed by atoms with Gasteiger partial charge in [-0.15, -0.1) is 11.3 Å². The van der Waals surface area contributed by atoms with E-state index in [-0.39, 0.29) is 18.1 Å². The van der Waals surface area contributed by atoms with Gasteiger partial charge in [-0.25, -0.2) is 4.68 Å². The van der Waals surface area contributed by atoms with Crippen molar-refractivity contribution in [1.82, 2.24) is 18.4 Å². The summed E-state index contributed by atoms with van der Waals surface area (Å²) in [5.41, 5.74) is 0.508. The lowest BCUT2D eigenvalue weighted by atomic mass is 10.2. The van der Waals surface area contributed by atoms with Crippen LogP contribution in [0.25, 0.3) is 10.6 Å². The van der Waals surface area contributed by atoms with E-state index >= 15 is 0 Å². The summed E-state index contributed by atoms with van der Waals surface area (Å²) in [4.78, 5) is 13.1. The van der Waals surface area contributed by atoms with Crippen LogP contribution in [-0.2, 0) is 16.8 Å². The fourth-order valence-electron chi connectivity index (χ4n) is 2.84. The highest BCUT2D eigenvalue weighted by Crippen LogP contribution is 2.24. The molecule has 0 aromatic carbocycles.